The van der Waals surface area contributed by atoms with Crippen LogP contribution in [0.15, 0.2) is 237 Å². The third-order valence-electron chi connectivity index (χ3n) is 13.2. The van der Waals surface area contributed by atoms with Crippen molar-refractivity contribution in [3.8, 4) is 102 Å². The molecule has 318 valence electrons. The molecule has 0 saturated heterocycles. The van der Waals surface area contributed by atoms with Gasteiger partial charge in [0.05, 0.1) is 16.8 Å². The zero-order valence-corrected chi connectivity index (χ0v) is 36.7. The molecule has 1 spiro atoms. The van der Waals surface area contributed by atoms with Crippen LogP contribution in [0.4, 0.5) is 0 Å². The van der Waals surface area contributed by atoms with Crippen molar-refractivity contribution in [2.45, 2.75) is 5.41 Å². The lowest BCUT2D eigenvalue weighted by molar-refractivity contribution is 0.436. The molecule has 1 aliphatic carbocycles. The van der Waals surface area contributed by atoms with Crippen LogP contribution in [-0.4, -0.2) is 24.9 Å². The normalized spacial score (nSPS) is 12.6. The number of hydrogen-bond donors (Lipinski definition) is 0. The largest absolute Gasteiger partial charge is 0.457 e. The van der Waals surface area contributed by atoms with Crippen molar-refractivity contribution in [1.29, 1.82) is 0 Å². The molecule has 0 fully saturated rings. The lowest BCUT2D eigenvalue weighted by Crippen LogP contribution is -2.32. The van der Waals surface area contributed by atoms with Gasteiger partial charge in [0, 0.05) is 44.5 Å². The summed E-state index contributed by atoms with van der Waals surface area (Å²) in [4.78, 5) is 25.5. The van der Waals surface area contributed by atoms with E-state index in [-0.39, 0.29) is 0 Å². The second kappa shape index (κ2) is 16.1. The number of nitrogens with zero attached hydrogens (tertiary/aromatic N) is 5. The molecule has 0 amide bonds. The van der Waals surface area contributed by atoms with E-state index >= 15 is 0 Å². The second-order valence-electron chi connectivity index (χ2n) is 17.2. The molecule has 6 nitrogen and oxygen atoms in total. The van der Waals surface area contributed by atoms with Gasteiger partial charge in [0.15, 0.2) is 23.3 Å². The third kappa shape index (κ3) is 6.53. The highest BCUT2D eigenvalue weighted by molar-refractivity contribution is 5.92. The Morgan fingerprint density at radius 2 is 0.603 bits per heavy atom. The summed E-state index contributed by atoms with van der Waals surface area (Å²) in [5.74, 6) is 4.23. The average molecular weight is 870 g/mol. The number of rotatable bonds is 7. The van der Waals surface area contributed by atoms with Crippen LogP contribution >= 0.6 is 0 Å². The second-order valence-corrected chi connectivity index (χ2v) is 17.2. The molecule has 6 heteroatoms. The highest BCUT2D eigenvalue weighted by Gasteiger charge is 2.51. The number of aromatic nitrogens is 5. The van der Waals surface area contributed by atoms with Crippen molar-refractivity contribution in [3.63, 3.8) is 0 Å². The van der Waals surface area contributed by atoms with E-state index in [0.717, 1.165) is 89.6 Å². The highest BCUT2D eigenvalue weighted by atomic mass is 16.5. The Bertz CT molecular complexity index is 3530. The summed E-state index contributed by atoms with van der Waals surface area (Å²) in [7, 11) is 0. The van der Waals surface area contributed by atoms with Gasteiger partial charge in [-0.05, 0) is 63.7 Å². The van der Waals surface area contributed by atoms with Crippen molar-refractivity contribution in [2.75, 3.05) is 0 Å². The van der Waals surface area contributed by atoms with Crippen molar-refractivity contribution in [2.24, 2.45) is 0 Å². The Hall–Kier alpha value is -9.13. The average Bonchev–Trinajstić information content (AvgIpc) is 3.70. The van der Waals surface area contributed by atoms with Crippen LogP contribution in [-0.2, 0) is 5.41 Å². The summed E-state index contributed by atoms with van der Waals surface area (Å²) in [6.07, 6.45) is 0. The van der Waals surface area contributed by atoms with E-state index in [2.05, 4.69) is 127 Å². The molecular formula is C62H39N5O. The van der Waals surface area contributed by atoms with Gasteiger partial charge in [-0.2, -0.15) is 0 Å². The molecule has 68 heavy (non-hydrogen) atoms. The van der Waals surface area contributed by atoms with Gasteiger partial charge in [0.25, 0.3) is 0 Å². The van der Waals surface area contributed by atoms with Gasteiger partial charge < -0.3 is 4.74 Å². The molecule has 9 aromatic carbocycles. The first-order valence-corrected chi connectivity index (χ1v) is 22.8. The lowest BCUT2D eigenvalue weighted by atomic mass is 9.66. The molecular weight excluding hydrogens is 831 g/mol. The van der Waals surface area contributed by atoms with Crippen molar-refractivity contribution >= 4 is 0 Å². The summed E-state index contributed by atoms with van der Waals surface area (Å²) in [6, 6.07) is 82.1. The SMILES string of the molecule is c1ccc(-c2cc(-c3ccccc3)nc(-c3ccc(-c4ccc5c(c4)-c4cc(-c6nc(-c7ccccc7)nc(-c7ccccc7)n6)ccc4C54c5ccccc5Oc5ccccc54)cc3)n2)cc1. The van der Waals surface area contributed by atoms with Gasteiger partial charge in [-0.25, -0.2) is 24.9 Å². The first kappa shape index (κ1) is 39.3. The predicted molar refractivity (Wildman–Crippen MR) is 271 cm³/mol. The van der Waals surface area contributed by atoms with Crippen LogP contribution in [0.1, 0.15) is 22.3 Å². The van der Waals surface area contributed by atoms with Crippen LogP contribution in [0, 0.1) is 0 Å². The molecule has 0 N–H and O–H groups in total. The fraction of sp³-hybridized carbons (Fsp3) is 0.0161. The number of benzene rings is 9. The number of hydrogen-bond acceptors (Lipinski definition) is 6. The molecule has 0 bridgehead atoms. The smallest absolute Gasteiger partial charge is 0.164 e. The molecule has 0 atom stereocenters. The Labute approximate surface area is 394 Å². The number of fused-ring (bicyclic) bond motifs is 9. The van der Waals surface area contributed by atoms with Crippen LogP contribution in [0.5, 0.6) is 11.5 Å². The molecule has 0 unspecified atom stereocenters. The van der Waals surface area contributed by atoms with E-state index in [0.29, 0.717) is 23.3 Å². The summed E-state index contributed by atoms with van der Waals surface area (Å²) in [6.45, 7) is 0. The molecule has 1 aliphatic heterocycles. The minimum Gasteiger partial charge on any atom is -0.457 e. The summed E-state index contributed by atoms with van der Waals surface area (Å²) in [5.41, 5.74) is 15.9. The van der Waals surface area contributed by atoms with E-state index < -0.39 is 5.41 Å². The third-order valence-corrected chi connectivity index (χ3v) is 13.2. The van der Waals surface area contributed by atoms with E-state index in [1.807, 2.05) is 109 Å². The number of para-hydroxylation sites is 2. The van der Waals surface area contributed by atoms with Crippen LogP contribution in [0.3, 0.4) is 0 Å². The van der Waals surface area contributed by atoms with Crippen LogP contribution < -0.4 is 4.74 Å². The Balaban J connectivity index is 0.975. The van der Waals surface area contributed by atoms with Gasteiger partial charge in [-0.3, -0.25) is 0 Å². The van der Waals surface area contributed by atoms with E-state index in [1.165, 1.54) is 11.1 Å². The zero-order valence-electron chi connectivity index (χ0n) is 36.7. The summed E-state index contributed by atoms with van der Waals surface area (Å²) in [5, 5.41) is 0. The number of ether oxygens (including phenoxy) is 1. The maximum Gasteiger partial charge on any atom is 0.164 e. The van der Waals surface area contributed by atoms with E-state index in [4.69, 9.17) is 29.7 Å². The molecule has 13 rings (SSSR count). The maximum absolute atomic E-state index is 6.67. The van der Waals surface area contributed by atoms with Crippen molar-refractivity contribution in [3.05, 3.63) is 259 Å². The quantitative estimate of drug-likeness (QED) is 0.159. The Morgan fingerprint density at radius 3 is 1.10 bits per heavy atom. The zero-order chi connectivity index (χ0) is 45.0. The molecule has 0 saturated carbocycles. The van der Waals surface area contributed by atoms with Gasteiger partial charge in [0.1, 0.15) is 11.5 Å². The Kier molecular flexibility index (Phi) is 9.29. The van der Waals surface area contributed by atoms with Crippen molar-refractivity contribution < 1.29 is 4.74 Å². The lowest BCUT2D eigenvalue weighted by Gasteiger charge is -2.39. The first-order chi connectivity index (χ1) is 33.7. The van der Waals surface area contributed by atoms with Gasteiger partial charge in [-0.1, -0.05) is 206 Å². The summed E-state index contributed by atoms with van der Waals surface area (Å²) >= 11 is 0. The molecule has 11 aromatic rings. The monoisotopic (exact) mass is 869 g/mol. The standard InChI is InChI=1S/C62H39N5O/c1-5-17-41(18-6-1)54-39-55(42-19-7-2-8-20-42)64-58(63-54)45-31-29-40(30-32-45)46-33-35-50-48(37-46)49-38-47(61-66-59(43-21-9-3-10-22-43)65-60(67-61)44-23-11-4-12-24-44)34-36-51(49)62(50)52-25-13-15-27-56(52)68-57-28-16-14-26-53(57)62/h1-39H. The Morgan fingerprint density at radius 1 is 0.250 bits per heavy atom. The van der Waals surface area contributed by atoms with E-state index in [9.17, 15) is 0 Å². The molecule has 0 radical (unpaired) electrons. The fourth-order valence-corrected chi connectivity index (χ4v) is 10.1. The van der Waals surface area contributed by atoms with Crippen molar-refractivity contribution in [1.82, 2.24) is 24.9 Å². The summed E-state index contributed by atoms with van der Waals surface area (Å²) < 4.78 is 6.67. The van der Waals surface area contributed by atoms with Gasteiger partial charge in [-0.15, -0.1) is 0 Å². The predicted octanol–water partition coefficient (Wildman–Crippen LogP) is 14.8. The van der Waals surface area contributed by atoms with Crippen LogP contribution in [0.2, 0.25) is 0 Å². The fourth-order valence-electron chi connectivity index (χ4n) is 10.1. The minimum atomic E-state index is -0.641. The minimum absolute atomic E-state index is 0.608. The maximum atomic E-state index is 6.67. The van der Waals surface area contributed by atoms with Crippen LogP contribution in [0.25, 0.3) is 90.3 Å². The van der Waals surface area contributed by atoms with Gasteiger partial charge >= 0.3 is 0 Å². The first-order valence-electron chi connectivity index (χ1n) is 22.8. The van der Waals surface area contributed by atoms with E-state index in [1.54, 1.807) is 0 Å². The molecule has 2 aliphatic rings. The van der Waals surface area contributed by atoms with Gasteiger partial charge in [0.2, 0.25) is 0 Å². The highest BCUT2D eigenvalue weighted by Crippen LogP contribution is 2.62. The molecule has 3 heterocycles. The topological polar surface area (TPSA) is 73.7 Å². The molecule has 2 aromatic heterocycles.